The van der Waals surface area contributed by atoms with Gasteiger partial charge in [-0.05, 0) is 63.0 Å². The first-order valence-corrected chi connectivity index (χ1v) is 10.4. The SMILES string of the molecule is CCCN(C(=O)C1CC2CCCC(C1)C2N)C(C)C(=O)Nc1ccccc1. The fourth-order valence-corrected chi connectivity index (χ4v) is 4.87. The van der Waals surface area contributed by atoms with E-state index >= 15 is 0 Å². The minimum Gasteiger partial charge on any atom is -0.331 e. The van der Waals surface area contributed by atoms with Crippen molar-refractivity contribution in [3.05, 3.63) is 30.3 Å². The lowest BCUT2D eigenvalue weighted by Crippen LogP contribution is -2.53. The number of carbonyl (C=O) groups excluding carboxylic acids is 2. The summed E-state index contributed by atoms with van der Waals surface area (Å²) in [7, 11) is 0. The van der Waals surface area contributed by atoms with E-state index in [1.54, 1.807) is 4.90 Å². The standard InChI is InChI=1S/C22H33N3O2/c1-3-12-25(15(2)21(26)24-19-10-5-4-6-11-19)22(27)18-13-16-8-7-9-17(14-18)20(16)23/h4-6,10-11,15-18,20H,3,7-9,12-14,23H2,1-2H3,(H,24,26). The fourth-order valence-electron chi connectivity index (χ4n) is 4.87. The average Bonchev–Trinajstić information content (AvgIpc) is 2.65. The van der Waals surface area contributed by atoms with E-state index in [1.165, 1.54) is 6.42 Å². The van der Waals surface area contributed by atoms with Crippen molar-refractivity contribution in [2.45, 2.75) is 64.5 Å². The van der Waals surface area contributed by atoms with Crippen molar-refractivity contribution in [2.24, 2.45) is 23.5 Å². The molecule has 3 atom stereocenters. The van der Waals surface area contributed by atoms with Crippen molar-refractivity contribution in [3.63, 3.8) is 0 Å². The number of hydrogen-bond acceptors (Lipinski definition) is 3. The number of fused-ring (bicyclic) bond motifs is 2. The van der Waals surface area contributed by atoms with Gasteiger partial charge in [-0.25, -0.2) is 0 Å². The Morgan fingerprint density at radius 1 is 1.19 bits per heavy atom. The second kappa shape index (κ2) is 8.87. The summed E-state index contributed by atoms with van der Waals surface area (Å²) in [6.45, 7) is 4.49. The third-order valence-corrected chi connectivity index (χ3v) is 6.40. The van der Waals surface area contributed by atoms with Crippen LogP contribution in [0.3, 0.4) is 0 Å². The summed E-state index contributed by atoms with van der Waals surface area (Å²) in [6.07, 6.45) is 6.11. The number of carbonyl (C=O) groups is 2. The van der Waals surface area contributed by atoms with Crippen LogP contribution in [0.25, 0.3) is 0 Å². The fraction of sp³-hybridized carbons (Fsp3) is 0.636. The Hall–Kier alpha value is -1.88. The molecule has 2 amide bonds. The predicted octanol–water partition coefficient (Wildman–Crippen LogP) is 3.41. The van der Waals surface area contributed by atoms with Crippen molar-refractivity contribution in [1.82, 2.24) is 4.90 Å². The molecule has 2 aliphatic carbocycles. The first-order chi connectivity index (χ1) is 13.0. The van der Waals surface area contributed by atoms with Crippen LogP contribution in [0.15, 0.2) is 30.3 Å². The molecular formula is C22H33N3O2. The molecule has 3 N–H and O–H groups in total. The second-order valence-electron chi connectivity index (χ2n) is 8.26. The van der Waals surface area contributed by atoms with Crippen LogP contribution < -0.4 is 11.1 Å². The van der Waals surface area contributed by atoms with E-state index in [0.29, 0.717) is 18.4 Å². The van der Waals surface area contributed by atoms with E-state index in [0.717, 1.165) is 37.8 Å². The van der Waals surface area contributed by atoms with Crippen molar-refractivity contribution in [3.8, 4) is 0 Å². The van der Waals surface area contributed by atoms with Gasteiger partial charge in [0.05, 0.1) is 0 Å². The lowest BCUT2D eigenvalue weighted by atomic mass is 9.65. The van der Waals surface area contributed by atoms with Crippen molar-refractivity contribution < 1.29 is 9.59 Å². The van der Waals surface area contributed by atoms with Gasteiger partial charge in [0.2, 0.25) is 11.8 Å². The monoisotopic (exact) mass is 371 g/mol. The average molecular weight is 372 g/mol. The van der Waals surface area contributed by atoms with Gasteiger partial charge in [0.25, 0.3) is 0 Å². The predicted molar refractivity (Wildman–Crippen MR) is 108 cm³/mol. The van der Waals surface area contributed by atoms with Gasteiger partial charge in [-0.2, -0.15) is 0 Å². The van der Waals surface area contributed by atoms with E-state index in [9.17, 15) is 9.59 Å². The van der Waals surface area contributed by atoms with Gasteiger partial charge in [-0.3, -0.25) is 9.59 Å². The number of amides is 2. The minimum absolute atomic E-state index is 0.0126. The molecule has 2 bridgehead atoms. The minimum atomic E-state index is -0.479. The maximum atomic E-state index is 13.3. The molecule has 2 aliphatic rings. The first kappa shape index (κ1) is 19.9. The number of nitrogens with one attached hydrogen (secondary N) is 1. The van der Waals surface area contributed by atoms with Crippen molar-refractivity contribution >= 4 is 17.5 Å². The molecule has 0 aromatic heterocycles. The molecule has 3 rings (SSSR count). The molecule has 0 aliphatic heterocycles. The summed E-state index contributed by atoms with van der Waals surface area (Å²) in [5.74, 6) is 0.942. The van der Waals surface area contributed by atoms with Gasteiger partial charge in [-0.1, -0.05) is 31.5 Å². The molecule has 27 heavy (non-hydrogen) atoms. The second-order valence-corrected chi connectivity index (χ2v) is 8.26. The smallest absolute Gasteiger partial charge is 0.246 e. The Bertz CT molecular complexity index is 634. The van der Waals surface area contributed by atoms with Gasteiger partial charge in [0.15, 0.2) is 0 Å². The van der Waals surface area contributed by atoms with Crippen LogP contribution in [0.1, 0.15) is 52.4 Å². The number of benzene rings is 1. The van der Waals surface area contributed by atoms with Crippen LogP contribution in [-0.4, -0.2) is 35.3 Å². The topological polar surface area (TPSA) is 75.4 Å². The Morgan fingerprint density at radius 3 is 2.41 bits per heavy atom. The van der Waals surface area contributed by atoms with Crippen LogP contribution in [0, 0.1) is 17.8 Å². The first-order valence-electron chi connectivity index (χ1n) is 10.4. The third-order valence-electron chi connectivity index (χ3n) is 6.40. The summed E-state index contributed by atoms with van der Waals surface area (Å²) in [6, 6.07) is 9.19. The molecule has 2 fully saturated rings. The highest BCUT2D eigenvalue weighted by atomic mass is 16.2. The van der Waals surface area contributed by atoms with E-state index in [2.05, 4.69) is 5.32 Å². The molecule has 5 nitrogen and oxygen atoms in total. The molecule has 3 unspecified atom stereocenters. The summed E-state index contributed by atoms with van der Waals surface area (Å²) in [5, 5.41) is 2.93. The molecule has 2 saturated carbocycles. The van der Waals surface area contributed by atoms with Gasteiger partial charge >= 0.3 is 0 Å². The Morgan fingerprint density at radius 2 is 1.81 bits per heavy atom. The molecule has 0 heterocycles. The molecule has 5 heteroatoms. The van der Waals surface area contributed by atoms with Gasteiger partial charge in [0, 0.05) is 24.2 Å². The summed E-state index contributed by atoms with van der Waals surface area (Å²) in [5.41, 5.74) is 7.15. The quantitative estimate of drug-likeness (QED) is 0.805. The summed E-state index contributed by atoms with van der Waals surface area (Å²) < 4.78 is 0. The van der Waals surface area contributed by atoms with E-state index in [4.69, 9.17) is 5.73 Å². The van der Waals surface area contributed by atoms with E-state index in [-0.39, 0.29) is 23.8 Å². The van der Waals surface area contributed by atoms with Crippen LogP contribution in [-0.2, 0) is 9.59 Å². The van der Waals surface area contributed by atoms with Crippen molar-refractivity contribution in [2.75, 3.05) is 11.9 Å². The molecule has 0 radical (unpaired) electrons. The van der Waals surface area contributed by atoms with Crippen molar-refractivity contribution in [1.29, 1.82) is 0 Å². The Balaban J connectivity index is 1.68. The maximum absolute atomic E-state index is 13.3. The lowest BCUT2D eigenvalue weighted by Gasteiger charge is -2.45. The van der Waals surface area contributed by atoms with Gasteiger partial charge < -0.3 is 16.0 Å². The molecule has 0 spiro atoms. The number of nitrogens with two attached hydrogens (primary N) is 1. The highest BCUT2D eigenvalue weighted by Crippen LogP contribution is 2.42. The zero-order valence-electron chi connectivity index (χ0n) is 16.6. The van der Waals surface area contributed by atoms with Crippen LogP contribution >= 0.6 is 0 Å². The molecule has 1 aromatic rings. The zero-order chi connectivity index (χ0) is 19.4. The normalized spacial score (nSPS) is 28.3. The highest BCUT2D eigenvalue weighted by molar-refractivity contribution is 5.97. The summed E-state index contributed by atoms with van der Waals surface area (Å²) >= 11 is 0. The largest absolute Gasteiger partial charge is 0.331 e. The number of nitrogens with zero attached hydrogens (tertiary/aromatic N) is 1. The number of para-hydroxylation sites is 1. The number of hydrogen-bond donors (Lipinski definition) is 2. The van der Waals surface area contributed by atoms with Crippen LogP contribution in [0.5, 0.6) is 0 Å². The van der Waals surface area contributed by atoms with Crippen LogP contribution in [0.2, 0.25) is 0 Å². The molecule has 1 aromatic carbocycles. The van der Waals surface area contributed by atoms with Gasteiger partial charge in [0.1, 0.15) is 6.04 Å². The van der Waals surface area contributed by atoms with Crippen LogP contribution in [0.4, 0.5) is 5.69 Å². The number of rotatable bonds is 6. The highest BCUT2D eigenvalue weighted by Gasteiger charge is 2.42. The lowest BCUT2D eigenvalue weighted by molar-refractivity contribution is -0.144. The van der Waals surface area contributed by atoms with E-state index in [1.807, 2.05) is 44.2 Å². The zero-order valence-corrected chi connectivity index (χ0v) is 16.6. The van der Waals surface area contributed by atoms with E-state index < -0.39 is 6.04 Å². The third kappa shape index (κ3) is 4.52. The maximum Gasteiger partial charge on any atom is 0.246 e. The molecule has 0 saturated heterocycles. The molecular weight excluding hydrogens is 338 g/mol. The Labute approximate surface area is 162 Å². The summed E-state index contributed by atoms with van der Waals surface area (Å²) in [4.78, 5) is 27.9. The van der Waals surface area contributed by atoms with Gasteiger partial charge in [-0.15, -0.1) is 0 Å². The Kier molecular flexibility index (Phi) is 6.53. The molecule has 148 valence electrons. The number of anilines is 1.